The number of imide groups is 1. The van der Waals surface area contributed by atoms with Crippen LogP contribution in [0.1, 0.15) is 102 Å². The molecule has 342 valence electrons. The second-order valence-corrected chi connectivity index (χ2v) is 21.8. The molecule has 12 nitrogen and oxygen atoms in total. The molecule has 3 amide bonds. The van der Waals surface area contributed by atoms with Crippen LogP contribution < -0.4 is 20.3 Å². The van der Waals surface area contributed by atoms with Crippen molar-refractivity contribution < 1.29 is 23.7 Å². The Bertz CT molecular complexity index is 2500. The van der Waals surface area contributed by atoms with Gasteiger partial charge < -0.3 is 24.0 Å². The Kier molecular flexibility index (Phi) is 15.1. The fraction of sp³-hybridized carbons (Fsp3) is 0.471. The Morgan fingerprint density at radius 3 is 2.43 bits per heavy atom. The summed E-state index contributed by atoms with van der Waals surface area (Å²) in [6, 6.07) is 19.9. The fourth-order valence-corrected chi connectivity index (χ4v) is 11.3. The van der Waals surface area contributed by atoms with E-state index in [1.807, 2.05) is 36.4 Å². The van der Waals surface area contributed by atoms with Gasteiger partial charge in [-0.05, 0) is 81.3 Å². The molecular formula is C51H61ClN7O5P. The van der Waals surface area contributed by atoms with Crippen LogP contribution in [0.4, 0.5) is 5.69 Å². The maximum absolute atomic E-state index is 13.1. The molecule has 1 unspecified atom stereocenters. The quantitative estimate of drug-likeness (QED) is 0.0582. The van der Waals surface area contributed by atoms with Gasteiger partial charge >= 0.3 is 0 Å². The Morgan fingerprint density at radius 1 is 0.877 bits per heavy atom. The zero-order valence-electron chi connectivity index (χ0n) is 38.0. The van der Waals surface area contributed by atoms with Crippen molar-refractivity contribution in [2.45, 2.75) is 89.3 Å². The van der Waals surface area contributed by atoms with Crippen LogP contribution in [0.15, 0.2) is 66.9 Å². The lowest BCUT2D eigenvalue weighted by atomic mass is 10.0. The normalized spacial score (nSPS) is 18.6. The van der Waals surface area contributed by atoms with Crippen LogP contribution in [0.25, 0.3) is 0 Å². The molecule has 4 aromatic rings. The minimum Gasteiger partial charge on any atom is -0.496 e. The molecule has 3 fully saturated rings. The molecule has 14 heteroatoms. The van der Waals surface area contributed by atoms with Gasteiger partial charge in [0.15, 0.2) is 0 Å². The largest absolute Gasteiger partial charge is 0.496 e. The highest BCUT2D eigenvalue weighted by atomic mass is 35.5. The number of anilines is 1. The van der Waals surface area contributed by atoms with Gasteiger partial charge in [0.2, 0.25) is 11.8 Å². The zero-order chi connectivity index (χ0) is 45.5. The number of ether oxygens (including phenoxy) is 1. The van der Waals surface area contributed by atoms with Crippen LogP contribution in [-0.2, 0) is 33.5 Å². The molecule has 3 aromatic carbocycles. The van der Waals surface area contributed by atoms with Crippen molar-refractivity contribution in [1.82, 2.24) is 30.0 Å². The van der Waals surface area contributed by atoms with Crippen molar-refractivity contribution >= 4 is 47.5 Å². The zero-order valence-corrected chi connectivity index (χ0v) is 39.6. The number of rotatable bonds is 15. The Balaban J connectivity index is 0.733. The average molecular weight is 919 g/mol. The highest BCUT2D eigenvalue weighted by molar-refractivity contribution is 7.70. The van der Waals surface area contributed by atoms with Crippen molar-refractivity contribution in [2.75, 3.05) is 71.2 Å². The number of fused-ring (bicyclic) bond motifs is 1. The lowest BCUT2D eigenvalue weighted by molar-refractivity contribution is -0.136. The van der Waals surface area contributed by atoms with Crippen LogP contribution >= 0.6 is 18.7 Å². The molecule has 8 rings (SSSR count). The lowest BCUT2D eigenvalue weighted by Gasteiger charge is -2.43. The molecule has 4 aliphatic heterocycles. The highest BCUT2D eigenvalue weighted by Gasteiger charge is 2.39. The van der Waals surface area contributed by atoms with Gasteiger partial charge in [0, 0.05) is 117 Å². The second kappa shape index (κ2) is 21.1. The van der Waals surface area contributed by atoms with Crippen molar-refractivity contribution in [1.29, 1.82) is 0 Å². The van der Waals surface area contributed by atoms with E-state index in [1.54, 1.807) is 37.6 Å². The minimum absolute atomic E-state index is 0.164. The van der Waals surface area contributed by atoms with Crippen LogP contribution in [0, 0.1) is 11.8 Å². The Labute approximate surface area is 388 Å². The van der Waals surface area contributed by atoms with Crippen molar-refractivity contribution in [3.63, 3.8) is 0 Å². The number of benzene rings is 3. The molecule has 4 aliphatic rings. The molecule has 0 spiro atoms. The van der Waals surface area contributed by atoms with Crippen LogP contribution in [0.5, 0.6) is 5.75 Å². The third kappa shape index (κ3) is 11.3. The molecule has 1 aromatic heterocycles. The summed E-state index contributed by atoms with van der Waals surface area (Å²) in [6.07, 6.45) is 11.0. The summed E-state index contributed by atoms with van der Waals surface area (Å²) in [5, 5.41) is 3.72. The van der Waals surface area contributed by atoms with Gasteiger partial charge in [0.1, 0.15) is 24.8 Å². The SMILES string of the molecule is COc1cc(N2CCC(N3CCN(CCCCCCC#Cc4cccc5c4CN(C4CCC(=O)NC4=O)C5=O)CC3)CC2)ccc1Cc1ncc(Cl)c(Cc2ccccc2P(C)(C)=O)n1. The van der Waals surface area contributed by atoms with E-state index in [4.69, 9.17) is 21.3 Å². The molecule has 0 aliphatic carbocycles. The number of piperidine rings is 2. The highest BCUT2D eigenvalue weighted by Crippen LogP contribution is 2.37. The summed E-state index contributed by atoms with van der Waals surface area (Å²) in [7, 11) is -0.746. The number of nitrogens with one attached hydrogen (secondary N) is 1. The first-order chi connectivity index (χ1) is 31.4. The van der Waals surface area contributed by atoms with E-state index < -0.39 is 19.1 Å². The number of hydrogen-bond donors (Lipinski definition) is 1. The number of aromatic nitrogens is 2. The summed E-state index contributed by atoms with van der Waals surface area (Å²) in [5.74, 6) is 7.28. The summed E-state index contributed by atoms with van der Waals surface area (Å²) >= 11 is 6.58. The van der Waals surface area contributed by atoms with Gasteiger partial charge in [-0.15, -0.1) is 0 Å². The maximum Gasteiger partial charge on any atom is 0.255 e. The number of carbonyl (C=O) groups excluding carboxylic acids is 3. The van der Waals surface area contributed by atoms with Crippen LogP contribution in [0.3, 0.4) is 0 Å². The van der Waals surface area contributed by atoms with Gasteiger partial charge in [-0.2, -0.15) is 0 Å². The maximum atomic E-state index is 13.1. The van der Waals surface area contributed by atoms with Crippen molar-refractivity contribution in [3.8, 4) is 17.6 Å². The number of methoxy groups -OCH3 is 1. The summed E-state index contributed by atoms with van der Waals surface area (Å²) in [5.41, 5.74) is 6.22. The number of carbonyl (C=O) groups is 3. The van der Waals surface area contributed by atoms with Gasteiger partial charge in [-0.1, -0.05) is 72.7 Å². The summed E-state index contributed by atoms with van der Waals surface area (Å²) in [4.78, 5) is 56.0. The lowest BCUT2D eigenvalue weighted by Crippen LogP contribution is -2.53. The Hall–Kier alpha value is -5.05. The van der Waals surface area contributed by atoms with E-state index in [-0.39, 0.29) is 18.2 Å². The minimum atomic E-state index is -2.46. The number of amides is 3. The second-order valence-electron chi connectivity index (χ2n) is 18.2. The molecule has 0 radical (unpaired) electrons. The molecule has 0 bridgehead atoms. The van der Waals surface area contributed by atoms with E-state index in [2.05, 4.69) is 55.0 Å². The molecule has 65 heavy (non-hydrogen) atoms. The molecular weight excluding hydrogens is 857 g/mol. The number of nitrogens with zero attached hydrogens (tertiary/aromatic N) is 6. The van der Waals surface area contributed by atoms with E-state index >= 15 is 0 Å². The molecule has 5 heterocycles. The predicted octanol–water partition coefficient (Wildman–Crippen LogP) is 6.92. The topological polar surface area (TPSA) is 128 Å². The monoisotopic (exact) mass is 917 g/mol. The first-order valence-corrected chi connectivity index (χ1v) is 26.2. The van der Waals surface area contributed by atoms with Crippen molar-refractivity contribution in [2.24, 2.45) is 0 Å². The van der Waals surface area contributed by atoms with Gasteiger partial charge in [0.25, 0.3) is 5.91 Å². The molecule has 1 atom stereocenters. The van der Waals surface area contributed by atoms with E-state index in [1.165, 1.54) is 18.5 Å². The van der Waals surface area contributed by atoms with Gasteiger partial charge in [0.05, 0.1) is 17.8 Å². The van der Waals surface area contributed by atoms with Crippen molar-refractivity contribution in [3.05, 3.63) is 111 Å². The Morgan fingerprint density at radius 2 is 1.66 bits per heavy atom. The molecule has 3 saturated heterocycles. The van der Waals surface area contributed by atoms with E-state index in [9.17, 15) is 18.9 Å². The van der Waals surface area contributed by atoms with Crippen LogP contribution in [0.2, 0.25) is 5.02 Å². The number of halogens is 1. The average Bonchev–Trinajstić information content (AvgIpc) is 3.64. The van der Waals surface area contributed by atoms with E-state index in [0.717, 1.165) is 117 Å². The first-order valence-electron chi connectivity index (χ1n) is 23.2. The summed E-state index contributed by atoms with van der Waals surface area (Å²) < 4.78 is 18.9. The third-order valence-electron chi connectivity index (χ3n) is 13.5. The van der Waals surface area contributed by atoms with E-state index in [0.29, 0.717) is 48.3 Å². The van der Waals surface area contributed by atoms with Crippen LogP contribution in [-0.4, -0.2) is 121 Å². The first kappa shape index (κ1) is 46.5. The molecule has 0 saturated carbocycles. The summed E-state index contributed by atoms with van der Waals surface area (Å²) in [6.45, 7) is 11.6. The fourth-order valence-electron chi connectivity index (χ4n) is 9.87. The number of unbranched alkanes of at least 4 members (excludes halogenated alkanes) is 4. The molecule has 1 N–H and O–H groups in total. The number of hydrogen-bond acceptors (Lipinski definition) is 10. The smallest absolute Gasteiger partial charge is 0.255 e. The number of piperazine rings is 1. The third-order valence-corrected chi connectivity index (χ3v) is 15.4. The van der Waals surface area contributed by atoms with Gasteiger partial charge in [-0.3, -0.25) is 24.6 Å². The standard InChI is InChI=1S/C51H61ClN7O5P/c1-64-46-33-40(19-18-37(46)32-48-53-34-43(52)44(54-48)31-38-14-9-10-17-47(38)65(2,3)63)57-25-22-39(23-26-57)58-29-27-56(28-30-58)24-11-7-5-4-6-8-13-36-15-12-16-41-42(36)35-59(51(41)62)45-20-21-49(60)55-50(45)61/h9-10,12,14-19,33-34,39,45H,4-7,11,20-32,35H2,1-3H3,(H,55,60,61). The van der Waals surface area contributed by atoms with Gasteiger partial charge in [-0.25, -0.2) is 9.97 Å². The predicted molar refractivity (Wildman–Crippen MR) is 257 cm³/mol.